The van der Waals surface area contributed by atoms with Gasteiger partial charge in [-0.2, -0.15) is 0 Å². The fourth-order valence-corrected chi connectivity index (χ4v) is 4.38. The Morgan fingerprint density at radius 2 is 2.00 bits per heavy atom. The van der Waals surface area contributed by atoms with Gasteiger partial charge in [0.25, 0.3) is 5.91 Å². The number of hydrogen-bond acceptors (Lipinski definition) is 4. The summed E-state index contributed by atoms with van der Waals surface area (Å²) in [4.78, 5) is 42.9. The monoisotopic (exact) mass is 383 g/mol. The highest BCUT2D eigenvalue weighted by Gasteiger charge is 2.40. The van der Waals surface area contributed by atoms with Crippen LogP contribution < -0.4 is 10.2 Å². The van der Waals surface area contributed by atoms with Crippen molar-refractivity contribution in [2.75, 3.05) is 18.0 Å². The molecule has 2 aliphatic heterocycles. The average Bonchev–Trinajstić information content (AvgIpc) is 3.20. The Labute approximate surface area is 161 Å². The van der Waals surface area contributed by atoms with Crippen molar-refractivity contribution in [3.8, 4) is 0 Å². The maximum atomic E-state index is 13.2. The first-order valence-electron chi connectivity index (χ1n) is 9.15. The van der Waals surface area contributed by atoms with Gasteiger partial charge in [-0.05, 0) is 42.8 Å². The predicted octanol–water partition coefficient (Wildman–Crippen LogP) is 2.41. The van der Waals surface area contributed by atoms with E-state index in [1.807, 2.05) is 17.5 Å². The van der Waals surface area contributed by atoms with Crippen molar-refractivity contribution in [2.24, 2.45) is 0 Å². The topological polar surface area (TPSA) is 69.7 Å². The van der Waals surface area contributed by atoms with Crippen molar-refractivity contribution in [1.82, 2.24) is 10.2 Å². The maximum absolute atomic E-state index is 13.2. The van der Waals surface area contributed by atoms with Crippen LogP contribution >= 0.6 is 11.3 Å². The summed E-state index contributed by atoms with van der Waals surface area (Å²) < 4.78 is 0. The fraction of sp³-hybridized carbons (Fsp3) is 0.350. The number of rotatable bonds is 4. The van der Waals surface area contributed by atoms with Gasteiger partial charge >= 0.3 is 0 Å². The van der Waals surface area contributed by atoms with Gasteiger partial charge in [-0.15, -0.1) is 11.3 Å². The second-order valence-corrected chi connectivity index (χ2v) is 7.84. The molecule has 1 aromatic carbocycles. The first-order valence-corrected chi connectivity index (χ1v) is 10.0. The Kier molecular flexibility index (Phi) is 4.94. The van der Waals surface area contributed by atoms with Crippen molar-refractivity contribution in [1.29, 1.82) is 0 Å². The van der Waals surface area contributed by atoms with E-state index < -0.39 is 6.04 Å². The van der Waals surface area contributed by atoms with Gasteiger partial charge in [0.1, 0.15) is 12.6 Å². The molecule has 0 bridgehead atoms. The quantitative estimate of drug-likeness (QED) is 0.881. The van der Waals surface area contributed by atoms with Gasteiger partial charge in [-0.1, -0.05) is 18.2 Å². The number of carbonyl (C=O) groups is 3. The number of nitrogens with zero attached hydrogens (tertiary/aromatic N) is 2. The highest BCUT2D eigenvalue weighted by Crippen LogP contribution is 2.31. The molecule has 140 valence electrons. The first-order chi connectivity index (χ1) is 13.1. The predicted molar refractivity (Wildman–Crippen MR) is 104 cm³/mol. The number of para-hydroxylation sites is 1. The molecule has 1 unspecified atom stereocenters. The third-order valence-electron chi connectivity index (χ3n) is 5.08. The van der Waals surface area contributed by atoms with E-state index in [9.17, 15) is 14.4 Å². The lowest BCUT2D eigenvalue weighted by molar-refractivity contribution is -0.126. The van der Waals surface area contributed by atoms with Crippen LogP contribution in [0.2, 0.25) is 0 Å². The molecule has 6 nitrogen and oxygen atoms in total. The summed E-state index contributed by atoms with van der Waals surface area (Å²) in [5.41, 5.74) is 1.01. The number of hydrogen-bond donors (Lipinski definition) is 1. The summed E-state index contributed by atoms with van der Waals surface area (Å²) in [6, 6.07) is 10.5. The highest BCUT2D eigenvalue weighted by atomic mass is 32.1. The number of benzene rings is 1. The van der Waals surface area contributed by atoms with Crippen molar-refractivity contribution in [2.45, 2.75) is 31.8 Å². The first kappa shape index (κ1) is 17.7. The number of fused-ring (bicyclic) bond motifs is 2. The largest absolute Gasteiger partial charge is 0.350 e. The van der Waals surface area contributed by atoms with Crippen LogP contribution in [0.1, 0.15) is 34.5 Å². The molecule has 1 aromatic heterocycles. The molecule has 7 heteroatoms. The van der Waals surface area contributed by atoms with Crippen molar-refractivity contribution in [3.63, 3.8) is 0 Å². The zero-order valence-electron chi connectivity index (χ0n) is 14.9. The SMILES string of the molecule is O=C(CN1C(=O)C2CCCCN2C(=O)c2ccccc21)NCc1cccs1. The molecule has 0 aliphatic carbocycles. The molecule has 3 amide bonds. The van der Waals surface area contributed by atoms with Crippen molar-refractivity contribution in [3.05, 3.63) is 52.2 Å². The minimum Gasteiger partial charge on any atom is -0.350 e. The van der Waals surface area contributed by atoms with Gasteiger partial charge in [0.2, 0.25) is 11.8 Å². The summed E-state index contributed by atoms with van der Waals surface area (Å²) >= 11 is 1.57. The second kappa shape index (κ2) is 7.52. The van der Waals surface area contributed by atoms with Gasteiger partial charge in [-0.25, -0.2) is 0 Å². The smallest absolute Gasteiger partial charge is 0.256 e. The number of nitrogens with one attached hydrogen (secondary N) is 1. The van der Waals surface area contributed by atoms with Crippen LogP contribution in [0.15, 0.2) is 41.8 Å². The van der Waals surface area contributed by atoms with Gasteiger partial charge in [0.05, 0.1) is 17.8 Å². The standard InChI is InChI=1S/C20H21N3O3S/c24-18(21-12-14-6-5-11-27-14)13-23-16-8-2-1-7-15(16)19(25)22-10-4-3-9-17(22)20(23)26/h1-2,5-8,11,17H,3-4,9-10,12-13H2,(H,21,24). The molecule has 0 saturated carbocycles. The molecule has 0 radical (unpaired) electrons. The van der Waals surface area contributed by atoms with Crippen LogP contribution in [0.5, 0.6) is 0 Å². The summed E-state index contributed by atoms with van der Waals surface area (Å²) in [6.07, 6.45) is 2.46. The molecule has 1 saturated heterocycles. The fourth-order valence-electron chi connectivity index (χ4n) is 3.74. The lowest BCUT2D eigenvalue weighted by Crippen LogP contribution is -2.52. The molecule has 27 heavy (non-hydrogen) atoms. The average molecular weight is 383 g/mol. The molecule has 3 heterocycles. The molecular weight excluding hydrogens is 362 g/mol. The molecule has 1 N–H and O–H groups in total. The Morgan fingerprint density at radius 1 is 1.15 bits per heavy atom. The molecule has 1 atom stereocenters. The zero-order valence-corrected chi connectivity index (χ0v) is 15.7. The third kappa shape index (κ3) is 3.47. The molecule has 0 spiro atoms. The minimum absolute atomic E-state index is 0.0845. The number of anilines is 1. The summed E-state index contributed by atoms with van der Waals surface area (Å²) in [5, 5.41) is 4.82. The summed E-state index contributed by atoms with van der Waals surface area (Å²) in [5.74, 6) is -0.521. The van der Waals surface area contributed by atoms with Crippen LogP contribution in [-0.2, 0) is 16.1 Å². The van der Waals surface area contributed by atoms with E-state index in [0.29, 0.717) is 30.8 Å². The van der Waals surface area contributed by atoms with Crippen LogP contribution in [0, 0.1) is 0 Å². The van der Waals surface area contributed by atoms with Crippen LogP contribution in [0.25, 0.3) is 0 Å². The van der Waals surface area contributed by atoms with E-state index >= 15 is 0 Å². The maximum Gasteiger partial charge on any atom is 0.256 e. The van der Waals surface area contributed by atoms with E-state index in [4.69, 9.17) is 0 Å². The molecule has 2 aliphatic rings. The number of carbonyl (C=O) groups excluding carboxylic acids is 3. The zero-order chi connectivity index (χ0) is 18.8. The van der Waals surface area contributed by atoms with Crippen molar-refractivity contribution < 1.29 is 14.4 Å². The Hall–Kier alpha value is -2.67. The Morgan fingerprint density at radius 3 is 2.81 bits per heavy atom. The second-order valence-electron chi connectivity index (χ2n) is 6.81. The highest BCUT2D eigenvalue weighted by molar-refractivity contribution is 7.09. The normalized spacial score (nSPS) is 19.3. The van der Waals surface area contributed by atoms with Gasteiger partial charge in [0, 0.05) is 11.4 Å². The van der Waals surface area contributed by atoms with E-state index in [1.165, 1.54) is 4.90 Å². The number of amides is 3. The minimum atomic E-state index is -0.483. The van der Waals surface area contributed by atoms with Gasteiger partial charge < -0.3 is 15.1 Å². The van der Waals surface area contributed by atoms with E-state index in [2.05, 4.69) is 5.32 Å². The molecule has 1 fully saturated rings. The number of thiophene rings is 1. The number of piperidine rings is 1. The van der Waals surface area contributed by atoms with Gasteiger partial charge in [-0.3, -0.25) is 14.4 Å². The summed E-state index contributed by atoms with van der Waals surface area (Å²) in [6.45, 7) is 0.940. The lowest BCUT2D eigenvalue weighted by Gasteiger charge is -2.34. The van der Waals surface area contributed by atoms with E-state index in [-0.39, 0.29) is 24.3 Å². The molecule has 4 rings (SSSR count). The third-order valence-corrected chi connectivity index (χ3v) is 5.96. The Bertz CT molecular complexity index is 865. The lowest BCUT2D eigenvalue weighted by atomic mass is 10.0. The van der Waals surface area contributed by atoms with Gasteiger partial charge in [0.15, 0.2) is 0 Å². The van der Waals surface area contributed by atoms with E-state index in [0.717, 1.165) is 17.7 Å². The summed E-state index contributed by atoms with van der Waals surface area (Å²) in [7, 11) is 0. The Balaban J connectivity index is 1.59. The van der Waals surface area contributed by atoms with Crippen LogP contribution in [0.3, 0.4) is 0 Å². The van der Waals surface area contributed by atoms with Crippen LogP contribution in [0.4, 0.5) is 5.69 Å². The molecule has 2 aromatic rings. The van der Waals surface area contributed by atoms with Crippen molar-refractivity contribution >= 4 is 34.7 Å². The van der Waals surface area contributed by atoms with E-state index in [1.54, 1.807) is 40.5 Å². The molecular formula is C20H21N3O3S. The van der Waals surface area contributed by atoms with Crippen LogP contribution in [-0.4, -0.2) is 41.8 Å².